The Labute approximate surface area is 111 Å². The van der Waals surface area contributed by atoms with E-state index in [2.05, 4.69) is 5.32 Å². The van der Waals surface area contributed by atoms with E-state index < -0.39 is 10.0 Å². The molecule has 1 aliphatic rings. The molecule has 1 heterocycles. The number of sulfonamides is 1. The normalized spacial score (nSPS) is 21.4. The van der Waals surface area contributed by atoms with Crippen molar-refractivity contribution in [2.75, 3.05) is 38.6 Å². The summed E-state index contributed by atoms with van der Waals surface area (Å²) >= 11 is 0. The van der Waals surface area contributed by atoms with Gasteiger partial charge < -0.3 is 10.1 Å². The van der Waals surface area contributed by atoms with Crippen LogP contribution in [0, 0.1) is 0 Å². The van der Waals surface area contributed by atoms with Gasteiger partial charge in [-0.1, -0.05) is 6.92 Å². The van der Waals surface area contributed by atoms with Gasteiger partial charge in [-0.25, -0.2) is 8.42 Å². The summed E-state index contributed by atoms with van der Waals surface area (Å²) in [7, 11) is -3.19. The average molecular weight is 278 g/mol. The minimum atomic E-state index is -3.19. The topological polar surface area (TPSA) is 58.6 Å². The molecule has 6 heteroatoms. The van der Waals surface area contributed by atoms with Crippen LogP contribution in [0.1, 0.15) is 33.1 Å². The van der Waals surface area contributed by atoms with Crippen LogP contribution in [0.15, 0.2) is 0 Å². The van der Waals surface area contributed by atoms with Gasteiger partial charge >= 0.3 is 0 Å². The van der Waals surface area contributed by atoms with Crippen LogP contribution in [0.25, 0.3) is 0 Å². The first-order valence-corrected chi connectivity index (χ1v) is 8.50. The van der Waals surface area contributed by atoms with Crippen molar-refractivity contribution in [2.24, 2.45) is 0 Å². The summed E-state index contributed by atoms with van der Waals surface area (Å²) < 4.78 is 31.5. The fourth-order valence-electron chi connectivity index (χ4n) is 2.27. The van der Waals surface area contributed by atoms with E-state index in [1.54, 1.807) is 4.31 Å². The Hall–Kier alpha value is -0.170. The first kappa shape index (κ1) is 15.9. The van der Waals surface area contributed by atoms with Gasteiger partial charge in [0.05, 0.1) is 12.4 Å². The first-order valence-electron chi connectivity index (χ1n) is 6.89. The quantitative estimate of drug-likeness (QED) is 0.668. The fraction of sp³-hybridized carbons (Fsp3) is 1.00. The predicted octanol–water partition coefficient (Wildman–Crippen LogP) is 0.817. The second-order valence-electron chi connectivity index (χ2n) is 4.62. The Morgan fingerprint density at radius 1 is 1.39 bits per heavy atom. The lowest BCUT2D eigenvalue weighted by molar-refractivity contribution is 0.161. The largest absolute Gasteiger partial charge is 0.381 e. The molecule has 0 aromatic heterocycles. The van der Waals surface area contributed by atoms with Gasteiger partial charge in [0.2, 0.25) is 10.0 Å². The molecule has 0 saturated carbocycles. The number of piperidine rings is 1. The predicted molar refractivity (Wildman–Crippen MR) is 73.2 cm³/mol. The van der Waals surface area contributed by atoms with Gasteiger partial charge in [-0.15, -0.1) is 0 Å². The van der Waals surface area contributed by atoms with E-state index in [9.17, 15) is 8.42 Å². The molecule has 0 bridgehead atoms. The Morgan fingerprint density at radius 3 is 2.72 bits per heavy atom. The molecule has 1 N–H and O–H groups in total. The van der Waals surface area contributed by atoms with Crippen molar-refractivity contribution in [3.63, 3.8) is 0 Å². The van der Waals surface area contributed by atoms with E-state index in [4.69, 9.17) is 4.74 Å². The maximum absolute atomic E-state index is 12.3. The maximum Gasteiger partial charge on any atom is 0.216 e. The van der Waals surface area contributed by atoms with Gasteiger partial charge in [0.15, 0.2) is 0 Å². The van der Waals surface area contributed by atoms with Crippen molar-refractivity contribution in [1.29, 1.82) is 0 Å². The molecular weight excluding hydrogens is 252 g/mol. The average Bonchev–Trinajstić information content (AvgIpc) is 2.37. The van der Waals surface area contributed by atoms with E-state index in [0.29, 0.717) is 19.8 Å². The van der Waals surface area contributed by atoms with Crippen molar-refractivity contribution >= 4 is 10.0 Å². The standard InChI is InChI=1S/C12H26N2O3S/c1-3-8-14(12-6-5-7-13-11-12)18(15,16)10-9-17-4-2/h12-13H,3-11H2,1-2H3. The molecule has 1 rings (SSSR count). The number of nitrogens with zero attached hydrogens (tertiary/aromatic N) is 1. The zero-order chi connectivity index (χ0) is 13.4. The molecule has 5 nitrogen and oxygen atoms in total. The third-order valence-corrected chi connectivity index (χ3v) is 5.05. The third-order valence-electron chi connectivity index (χ3n) is 3.17. The molecular formula is C12H26N2O3S. The molecule has 108 valence electrons. The minimum Gasteiger partial charge on any atom is -0.381 e. The lowest BCUT2D eigenvalue weighted by Crippen LogP contribution is -2.49. The summed E-state index contributed by atoms with van der Waals surface area (Å²) in [5, 5.41) is 3.28. The summed E-state index contributed by atoms with van der Waals surface area (Å²) in [6.45, 7) is 7.13. The second kappa shape index (κ2) is 8.09. The van der Waals surface area contributed by atoms with Crippen molar-refractivity contribution in [3.05, 3.63) is 0 Å². The van der Waals surface area contributed by atoms with E-state index in [1.165, 1.54) is 0 Å². The van der Waals surface area contributed by atoms with E-state index in [1.807, 2.05) is 13.8 Å². The molecule has 1 atom stereocenters. The molecule has 0 aromatic rings. The Balaban J connectivity index is 2.63. The van der Waals surface area contributed by atoms with Gasteiger partial charge in [0, 0.05) is 25.7 Å². The molecule has 0 radical (unpaired) electrons. The van der Waals surface area contributed by atoms with Crippen LogP contribution in [0.4, 0.5) is 0 Å². The van der Waals surface area contributed by atoms with Crippen LogP contribution in [-0.4, -0.2) is 57.4 Å². The molecule has 0 aromatic carbocycles. The molecule has 1 unspecified atom stereocenters. The third kappa shape index (κ3) is 4.84. The SMILES string of the molecule is CCCN(C1CCCNC1)S(=O)(=O)CCOCC. The lowest BCUT2D eigenvalue weighted by atomic mass is 10.1. The summed E-state index contributed by atoms with van der Waals surface area (Å²) in [5.41, 5.74) is 0. The zero-order valence-electron chi connectivity index (χ0n) is 11.5. The van der Waals surface area contributed by atoms with E-state index in [0.717, 1.165) is 32.4 Å². The van der Waals surface area contributed by atoms with Crippen LogP contribution in [-0.2, 0) is 14.8 Å². The maximum atomic E-state index is 12.3. The number of ether oxygens (including phenoxy) is 1. The van der Waals surface area contributed by atoms with Gasteiger partial charge in [0.1, 0.15) is 0 Å². The van der Waals surface area contributed by atoms with Gasteiger partial charge in [-0.3, -0.25) is 0 Å². The van der Waals surface area contributed by atoms with Crippen LogP contribution in [0.3, 0.4) is 0 Å². The highest BCUT2D eigenvalue weighted by atomic mass is 32.2. The number of hydrogen-bond acceptors (Lipinski definition) is 4. The smallest absolute Gasteiger partial charge is 0.216 e. The molecule has 0 aliphatic carbocycles. The Bertz CT molecular complexity index is 313. The lowest BCUT2D eigenvalue weighted by Gasteiger charge is -2.33. The molecule has 1 aliphatic heterocycles. The van der Waals surface area contributed by atoms with Crippen molar-refractivity contribution < 1.29 is 13.2 Å². The summed E-state index contributed by atoms with van der Waals surface area (Å²) in [4.78, 5) is 0. The highest BCUT2D eigenvalue weighted by Gasteiger charge is 2.29. The zero-order valence-corrected chi connectivity index (χ0v) is 12.3. The summed E-state index contributed by atoms with van der Waals surface area (Å²) in [5.74, 6) is 0.0946. The van der Waals surface area contributed by atoms with Crippen LogP contribution in [0.5, 0.6) is 0 Å². The summed E-state index contributed by atoms with van der Waals surface area (Å²) in [6.07, 6.45) is 2.86. The molecule has 1 saturated heterocycles. The van der Waals surface area contributed by atoms with Crippen molar-refractivity contribution in [1.82, 2.24) is 9.62 Å². The van der Waals surface area contributed by atoms with Gasteiger partial charge in [-0.05, 0) is 32.7 Å². The first-order chi connectivity index (χ1) is 8.61. The van der Waals surface area contributed by atoms with Crippen molar-refractivity contribution in [2.45, 2.75) is 39.2 Å². The Kier molecular flexibility index (Phi) is 7.14. The van der Waals surface area contributed by atoms with E-state index in [-0.39, 0.29) is 11.8 Å². The molecule has 1 fully saturated rings. The van der Waals surface area contributed by atoms with Crippen LogP contribution >= 0.6 is 0 Å². The molecule has 0 amide bonds. The highest BCUT2D eigenvalue weighted by Crippen LogP contribution is 2.15. The molecule has 0 spiro atoms. The van der Waals surface area contributed by atoms with E-state index >= 15 is 0 Å². The van der Waals surface area contributed by atoms with Crippen LogP contribution < -0.4 is 5.32 Å². The number of nitrogens with one attached hydrogen (secondary N) is 1. The molecule has 18 heavy (non-hydrogen) atoms. The highest BCUT2D eigenvalue weighted by molar-refractivity contribution is 7.89. The van der Waals surface area contributed by atoms with Crippen LogP contribution in [0.2, 0.25) is 0 Å². The number of hydrogen-bond donors (Lipinski definition) is 1. The second-order valence-corrected chi connectivity index (χ2v) is 6.66. The van der Waals surface area contributed by atoms with Gasteiger partial charge in [-0.2, -0.15) is 4.31 Å². The van der Waals surface area contributed by atoms with Gasteiger partial charge in [0.25, 0.3) is 0 Å². The van der Waals surface area contributed by atoms with Crippen molar-refractivity contribution in [3.8, 4) is 0 Å². The minimum absolute atomic E-state index is 0.0946. The number of rotatable bonds is 8. The Morgan fingerprint density at radius 2 is 2.17 bits per heavy atom. The fourth-order valence-corrected chi connectivity index (χ4v) is 3.93. The summed E-state index contributed by atoms with van der Waals surface area (Å²) in [6, 6.07) is 0.116. The monoisotopic (exact) mass is 278 g/mol.